The maximum Gasteiger partial charge on any atom is 0.120 e. The van der Waals surface area contributed by atoms with E-state index in [-0.39, 0.29) is 8.07 Å². The Morgan fingerprint density at radius 2 is 2.38 bits per heavy atom. The Balaban J connectivity index is 2.81. The second kappa shape index (κ2) is 5.20. The first-order valence-corrected chi connectivity index (χ1v) is 4.71. The lowest BCUT2D eigenvalue weighted by molar-refractivity contribution is -0.107. The van der Waals surface area contributed by atoms with Crippen molar-refractivity contribution in [3.05, 3.63) is 0 Å². The minimum atomic E-state index is -0.271. The predicted octanol–water partition coefficient (Wildman–Crippen LogP) is 0.951. The summed E-state index contributed by atoms with van der Waals surface area (Å²) >= 11 is 0. The number of carbonyl (C=O) groups excluding carboxylic acids is 1. The first-order valence-electron chi connectivity index (χ1n) is 2.67. The fourth-order valence-electron chi connectivity index (χ4n) is 0.424. The van der Waals surface area contributed by atoms with E-state index in [4.69, 9.17) is 5.50 Å². The highest BCUT2D eigenvalue weighted by Crippen LogP contribution is 2.19. The number of hydrogen-bond donors (Lipinski definition) is 1. The zero-order valence-electron chi connectivity index (χ0n) is 5.13. The van der Waals surface area contributed by atoms with Crippen LogP contribution in [-0.2, 0) is 4.79 Å². The van der Waals surface area contributed by atoms with Gasteiger partial charge in [-0.1, -0.05) is 0 Å². The van der Waals surface area contributed by atoms with E-state index in [1.807, 2.05) is 6.66 Å². The van der Waals surface area contributed by atoms with Gasteiger partial charge in [0, 0.05) is 6.42 Å². The molecular weight excluding hydrogens is 121 g/mol. The van der Waals surface area contributed by atoms with Crippen LogP contribution in [-0.4, -0.2) is 19.1 Å². The summed E-state index contributed by atoms with van der Waals surface area (Å²) in [6.45, 7) is 2.01. The second-order valence-corrected chi connectivity index (χ2v) is 3.75. The van der Waals surface area contributed by atoms with Crippen molar-refractivity contribution in [1.82, 2.24) is 0 Å². The monoisotopic (exact) mass is 133 g/mol. The lowest BCUT2D eigenvalue weighted by Gasteiger charge is -1.99. The Labute approximate surface area is 51.3 Å². The van der Waals surface area contributed by atoms with Crippen LogP contribution in [0.4, 0.5) is 0 Å². The number of aldehydes is 1. The topological polar surface area (TPSA) is 43.1 Å². The van der Waals surface area contributed by atoms with Crippen molar-refractivity contribution < 1.29 is 4.79 Å². The van der Waals surface area contributed by atoms with Gasteiger partial charge in [0.1, 0.15) is 6.29 Å². The fraction of sp³-hybridized carbons (Fsp3) is 0.800. The van der Waals surface area contributed by atoms with Gasteiger partial charge < -0.3 is 10.3 Å². The normalized spacial score (nSPS) is 13.2. The molecule has 2 nitrogen and oxygen atoms in total. The Morgan fingerprint density at radius 1 is 1.75 bits per heavy atom. The van der Waals surface area contributed by atoms with Crippen LogP contribution in [0.25, 0.3) is 0 Å². The van der Waals surface area contributed by atoms with E-state index in [2.05, 4.69) is 0 Å². The largest absolute Gasteiger partial charge is 0.310 e. The lowest BCUT2D eigenvalue weighted by atomic mass is 10.4. The number of rotatable bonds is 4. The number of hydrogen-bond acceptors (Lipinski definition) is 2. The van der Waals surface area contributed by atoms with Crippen molar-refractivity contribution in [3.63, 3.8) is 0 Å². The molecule has 0 aromatic carbocycles. The van der Waals surface area contributed by atoms with Gasteiger partial charge in [-0.2, -0.15) is 0 Å². The van der Waals surface area contributed by atoms with Crippen molar-refractivity contribution in [2.75, 3.05) is 12.8 Å². The van der Waals surface area contributed by atoms with Gasteiger partial charge >= 0.3 is 0 Å². The molecule has 3 heteroatoms. The van der Waals surface area contributed by atoms with Crippen LogP contribution in [0.2, 0.25) is 0 Å². The van der Waals surface area contributed by atoms with E-state index in [9.17, 15) is 4.79 Å². The average molecular weight is 133 g/mol. The molecular formula is C5H12NOP. The van der Waals surface area contributed by atoms with Crippen molar-refractivity contribution >= 4 is 14.4 Å². The summed E-state index contributed by atoms with van der Waals surface area (Å²) in [5.41, 5.74) is 5.48. The van der Waals surface area contributed by atoms with Gasteiger partial charge in [0.05, 0.1) is 0 Å². The summed E-state index contributed by atoms with van der Waals surface area (Å²) in [5, 5.41) is 0. The van der Waals surface area contributed by atoms with Gasteiger partial charge in [-0.3, -0.25) is 0 Å². The van der Waals surface area contributed by atoms with Gasteiger partial charge in [-0.15, -0.1) is 0 Å². The summed E-state index contributed by atoms with van der Waals surface area (Å²) in [6.07, 6.45) is 3.60. The molecule has 0 unspecified atom stereocenters. The van der Waals surface area contributed by atoms with Crippen molar-refractivity contribution in [2.24, 2.45) is 5.50 Å². The second-order valence-electron chi connectivity index (χ2n) is 1.79. The Kier molecular flexibility index (Phi) is 5.24. The highest BCUT2D eigenvalue weighted by Gasteiger charge is 1.90. The molecule has 0 heterocycles. The quantitative estimate of drug-likeness (QED) is 0.352. The molecule has 0 saturated heterocycles. The lowest BCUT2D eigenvalue weighted by Crippen LogP contribution is -1.91. The fourth-order valence-corrected chi connectivity index (χ4v) is 1.11. The molecule has 0 fully saturated rings. The molecule has 0 amide bonds. The van der Waals surface area contributed by atoms with E-state index in [0.717, 1.165) is 18.9 Å². The maximum atomic E-state index is 9.75. The maximum absolute atomic E-state index is 9.75. The smallest absolute Gasteiger partial charge is 0.120 e. The van der Waals surface area contributed by atoms with Crippen molar-refractivity contribution in [3.8, 4) is 0 Å². The van der Waals surface area contributed by atoms with E-state index in [0.29, 0.717) is 6.42 Å². The molecule has 0 aliphatic rings. The van der Waals surface area contributed by atoms with Crippen LogP contribution in [0.15, 0.2) is 0 Å². The van der Waals surface area contributed by atoms with E-state index < -0.39 is 0 Å². The first-order chi connectivity index (χ1) is 3.77. The summed E-state index contributed by atoms with van der Waals surface area (Å²) in [6, 6.07) is 0. The molecule has 48 valence electrons. The first kappa shape index (κ1) is 8.06. The van der Waals surface area contributed by atoms with Crippen LogP contribution < -0.4 is 5.50 Å². The molecule has 0 radical (unpaired) electrons. The summed E-state index contributed by atoms with van der Waals surface area (Å²) in [5.74, 6) is 0. The molecule has 0 spiro atoms. The third-order valence-corrected chi connectivity index (χ3v) is 1.85. The van der Waals surface area contributed by atoms with E-state index in [1.165, 1.54) is 0 Å². The highest BCUT2D eigenvalue weighted by molar-refractivity contribution is 7.54. The molecule has 0 aromatic rings. The Hall–Kier alpha value is 0.0600. The van der Waals surface area contributed by atoms with Crippen LogP contribution in [0.1, 0.15) is 12.8 Å². The van der Waals surface area contributed by atoms with Crippen LogP contribution >= 0.6 is 8.07 Å². The Bertz CT molecular complexity index is 65.4. The summed E-state index contributed by atoms with van der Waals surface area (Å²) in [4.78, 5) is 9.75. The molecule has 0 rings (SSSR count). The Morgan fingerprint density at radius 3 is 2.75 bits per heavy atom. The SMILES string of the molecule is C[P@@](N)CCCC=O. The van der Waals surface area contributed by atoms with E-state index >= 15 is 0 Å². The molecule has 0 bridgehead atoms. The zero-order valence-corrected chi connectivity index (χ0v) is 6.03. The molecule has 0 aliphatic heterocycles. The van der Waals surface area contributed by atoms with Gasteiger partial charge in [0.2, 0.25) is 0 Å². The predicted molar refractivity (Wildman–Crippen MR) is 37.2 cm³/mol. The van der Waals surface area contributed by atoms with Gasteiger partial charge in [-0.25, -0.2) is 0 Å². The van der Waals surface area contributed by atoms with E-state index in [1.54, 1.807) is 0 Å². The van der Waals surface area contributed by atoms with Crippen LogP contribution in [0.5, 0.6) is 0 Å². The molecule has 0 saturated carbocycles. The standard InChI is InChI=1S/C5H12NOP/c1-8(6)5-3-2-4-7/h4H,2-3,5-6H2,1H3/t8-/m1/s1. The molecule has 0 aromatic heterocycles. The minimum Gasteiger partial charge on any atom is -0.310 e. The average Bonchev–Trinajstić information content (AvgIpc) is 1.66. The number of carbonyl (C=O) groups is 1. The third-order valence-electron chi connectivity index (χ3n) is 0.833. The highest BCUT2D eigenvalue weighted by atomic mass is 31.1. The third kappa shape index (κ3) is 6.06. The van der Waals surface area contributed by atoms with Crippen LogP contribution in [0, 0.1) is 0 Å². The van der Waals surface area contributed by atoms with Crippen molar-refractivity contribution in [2.45, 2.75) is 12.8 Å². The molecule has 2 N–H and O–H groups in total. The van der Waals surface area contributed by atoms with Gasteiger partial charge in [0.15, 0.2) is 0 Å². The number of unbranched alkanes of at least 4 members (excludes halogenated alkanes) is 1. The van der Waals surface area contributed by atoms with Gasteiger partial charge in [0.25, 0.3) is 0 Å². The molecule has 1 atom stereocenters. The van der Waals surface area contributed by atoms with Gasteiger partial charge in [-0.05, 0) is 27.3 Å². The minimum absolute atomic E-state index is 0.271. The molecule has 8 heavy (non-hydrogen) atoms. The van der Waals surface area contributed by atoms with Crippen molar-refractivity contribution in [1.29, 1.82) is 0 Å². The summed E-state index contributed by atoms with van der Waals surface area (Å²) < 4.78 is 0. The summed E-state index contributed by atoms with van der Waals surface area (Å²) in [7, 11) is -0.271. The molecule has 0 aliphatic carbocycles. The number of nitrogens with two attached hydrogens (primary N) is 1. The van der Waals surface area contributed by atoms with Crippen LogP contribution in [0.3, 0.4) is 0 Å². The zero-order chi connectivity index (χ0) is 6.41.